The molecule has 0 spiro atoms. The van der Waals surface area contributed by atoms with Crippen molar-refractivity contribution in [2.24, 2.45) is 0 Å². The molecule has 2 heterocycles. The van der Waals surface area contributed by atoms with Gasteiger partial charge in [-0.05, 0) is 63.6 Å². The Morgan fingerprint density at radius 3 is 2.52 bits per heavy atom. The highest BCUT2D eigenvalue weighted by molar-refractivity contribution is 6.04. The first kappa shape index (κ1) is 18.6. The average molecular weight is 364 g/mol. The molecule has 0 bridgehead atoms. The maximum absolute atomic E-state index is 12.6. The Bertz CT molecular complexity index is 1020. The second-order valence-electron chi connectivity index (χ2n) is 6.79. The summed E-state index contributed by atoms with van der Waals surface area (Å²) in [6, 6.07) is 11.6. The number of anilines is 2. The lowest BCUT2D eigenvalue weighted by atomic mass is 10.2. The smallest absolute Gasteiger partial charge is 0.270 e. The van der Waals surface area contributed by atoms with E-state index in [0.717, 1.165) is 17.8 Å². The molecule has 2 aromatic heterocycles. The first-order chi connectivity index (χ1) is 12.9. The van der Waals surface area contributed by atoms with Crippen molar-refractivity contribution in [3.8, 4) is 0 Å². The Kier molecular flexibility index (Phi) is 5.26. The summed E-state index contributed by atoms with van der Waals surface area (Å²) in [5, 5.41) is 2.78. The Hall–Kier alpha value is -3.15. The van der Waals surface area contributed by atoms with Gasteiger partial charge in [-0.3, -0.25) is 14.0 Å². The predicted octanol–water partition coefficient (Wildman–Crippen LogP) is 3.49. The van der Waals surface area contributed by atoms with Crippen LogP contribution in [0.1, 0.15) is 36.7 Å². The first-order valence-electron chi connectivity index (χ1n) is 9.06. The SMILES string of the molecule is CCN(c1ccc(NC(=O)c2cnc3ccc(C)cn3c2=O)cc1)C(C)C. The minimum atomic E-state index is -0.465. The molecule has 0 aliphatic carbocycles. The second kappa shape index (κ2) is 7.61. The number of benzene rings is 1. The van der Waals surface area contributed by atoms with Gasteiger partial charge in [0.25, 0.3) is 11.5 Å². The van der Waals surface area contributed by atoms with Crippen molar-refractivity contribution in [2.45, 2.75) is 33.7 Å². The Balaban J connectivity index is 1.84. The zero-order valence-corrected chi connectivity index (χ0v) is 16.1. The molecule has 1 N–H and O–H groups in total. The summed E-state index contributed by atoms with van der Waals surface area (Å²) in [4.78, 5) is 31.7. The van der Waals surface area contributed by atoms with Crippen LogP contribution < -0.4 is 15.8 Å². The lowest BCUT2D eigenvalue weighted by Gasteiger charge is -2.27. The van der Waals surface area contributed by atoms with Crippen molar-refractivity contribution in [1.82, 2.24) is 9.38 Å². The largest absolute Gasteiger partial charge is 0.369 e. The van der Waals surface area contributed by atoms with Crippen molar-refractivity contribution < 1.29 is 4.79 Å². The molecule has 6 nitrogen and oxygen atoms in total. The molecule has 0 saturated carbocycles. The molecule has 1 aromatic carbocycles. The van der Waals surface area contributed by atoms with E-state index >= 15 is 0 Å². The third-order valence-corrected chi connectivity index (χ3v) is 4.52. The molecule has 0 saturated heterocycles. The number of carbonyl (C=O) groups excluding carboxylic acids is 1. The lowest BCUT2D eigenvalue weighted by molar-refractivity contribution is 0.102. The van der Waals surface area contributed by atoms with E-state index in [1.165, 1.54) is 10.6 Å². The maximum Gasteiger partial charge on any atom is 0.270 e. The standard InChI is InChI=1S/C21H24N4O2/c1-5-24(14(2)3)17-9-7-16(8-10-17)23-20(26)18-12-22-19-11-6-15(4)13-25(19)21(18)27/h6-14H,5H2,1-4H3,(H,23,26). The highest BCUT2D eigenvalue weighted by Gasteiger charge is 2.14. The lowest BCUT2D eigenvalue weighted by Crippen LogP contribution is -2.30. The number of hydrogen-bond donors (Lipinski definition) is 1. The van der Waals surface area contributed by atoms with Crippen LogP contribution in [0, 0.1) is 6.92 Å². The van der Waals surface area contributed by atoms with Crippen LogP contribution in [0.15, 0.2) is 53.6 Å². The quantitative estimate of drug-likeness (QED) is 0.753. The predicted molar refractivity (Wildman–Crippen MR) is 109 cm³/mol. The fourth-order valence-corrected chi connectivity index (χ4v) is 3.12. The Labute approximate surface area is 158 Å². The average Bonchev–Trinajstić information content (AvgIpc) is 2.64. The topological polar surface area (TPSA) is 66.7 Å². The number of pyridine rings is 1. The van der Waals surface area contributed by atoms with E-state index in [2.05, 4.69) is 36.0 Å². The van der Waals surface area contributed by atoms with Crippen LogP contribution in [0.2, 0.25) is 0 Å². The summed E-state index contributed by atoms with van der Waals surface area (Å²) in [5.41, 5.74) is 2.80. The summed E-state index contributed by atoms with van der Waals surface area (Å²) in [6.45, 7) is 9.18. The molecule has 1 amide bonds. The number of nitrogens with zero attached hydrogens (tertiary/aromatic N) is 3. The van der Waals surface area contributed by atoms with E-state index in [9.17, 15) is 9.59 Å². The van der Waals surface area contributed by atoms with Gasteiger partial charge in [0, 0.05) is 36.4 Å². The summed E-state index contributed by atoms with van der Waals surface area (Å²) < 4.78 is 1.40. The molecule has 0 aliphatic rings. The van der Waals surface area contributed by atoms with Gasteiger partial charge in [0.05, 0.1) is 0 Å². The van der Waals surface area contributed by atoms with E-state index in [0.29, 0.717) is 17.4 Å². The van der Waals surface area contributed by atoms with E-state index < -0.39 is 5.91 Å². The number of nitrogens with one attached hydrogen (secondary N) is 1. The van der Waals surface area contributed by atoms with Crippen LogP contribution in [0.3, 0.4) is 0 Å². The highest BCUT2D eigenvalue weighted by atomic mass is 16.2. The molecule has 27 heavy (non-hydrogen) atoms. The van der Waals surface area contributed by atoms with Crippen molar-refractivity contribution in [3.63, 3.8) is 0 Å². The fraction of sp³-hybridized carbons (Fsp3) is 0.286. The zero-order valence-electron chi connectivity index (χ0n) is 16.1. The van der Waals surface area contributed by atoms with E-state index in [-0.39, 0.29) is 11.1 Å². The molecule has 140 valence electrons. The summed E-state index contributed by atoms with van der Waals surface area (Å²) in [7, 11) is 0. The van der Waals surface area contributed by atoms with Crippen LogP contribution in [0.5, 0.6) is 0 Å². The molecule has 0 radical (unpaired) electrons. The number of aryl methyl sites for hydroxylation is 1. The van der Waals surface area contributed by atoms with Crippen LogP contribution in [-0.2, 0) is 0 Å². The number of aromatic nitrogens is 2. The molecule has 3 rings (SSSR count). The Morgan fingerprint density at radius 1 is 1.19 bits per heavy atom. The summed E-state index contributed by atoms with van der Waals surface area (Å²) in [6.07, 6.45) is 3.01. The van der Waals surface area contributed by atoms with Gasteiger partial charge in [0.2, 0.25) is 0 Å². The van der Waals surface area contributed by atoms with E-state index in [1.807, 2.05) is 37.3 Å². The maximum atomic E-state index is 12.6. The van der Waals surface area contributed by atoms with Crippen molar-refractivity contribution in [2.75, 3.05) is 16.8 Å². The fourth-order valence-electron chi connectivity index (χ4n) is 3.12. The monoisotopic (exact) mass is 364 g/mol. The third kappa shape index (κ3) is 3.84. The Morgan fingerprint density at radius 2 is 1.89 bits per heavy atom. The van der Waals surface area contributed by atoms with Crippen LogP contribution in [0.4, 0.5) is 11.4 Å². The summed E-state index contributed by atoms with van der Waals surface area (Å²) in [5.74, 6) is -0.465. The molecule has 0 atom stereocenters. The first-order valence-corrected chi connectivity index (χ1v) is 9.06. The number of rotatable bonds is 5. The molecular weight excluding hydrogens is 340 g/mol. The van der Waals surface area contributed by atoms with Crippen LogP contribution in [-0.4, -0.2) is 27.9 Å². The van der Waals surface area contributed by atoms with Gasteiger partial charge in [-0.2, -0.15) is 0 Å². The van der Waals surface area contributed by atoms with E-state index in [1.54, 1.807) is 12.3 Å². The van der Waals surface area contributed by atoms with Gasteiger partial charge < -0.3 is 10.2 Å². The normalized spacial score (nSPS) is 11.0. The van der Waals surface area contributed by atoms with Crippen molar-refractivity contribution >= 4 is 22.9 Å². The molecule has 0 fully saturated rings. The van der Waals surface area contributed by atoms with Gasteiger partial charge in [-0.25, -0.2) is 4.98 Å². The van der Waals surface area contributed by atoms with Gasteiger partial charge in [-0.1, -0.05) is 6.07 Å². The zero-order chi connectivity index (χ0) is 19.6. The molecule has 0 aliphatic heterocycles. The van der Waals surface area contributed by atoms with Gasteiger partial charge >= 0.3 is 0 Å². The molecule has 6 heteroatoms. The van der Waals surface area contributed by atoms with Crippen molar-refractivity contribution in [1.29, 1.82) is 0 Å². The van der Waals surface area contributed by atoms with Crippen molar-refractivity contribution in [3.05, 3.63) is 70.3 Å². The van der Waals surface area contributed by atoms with Gasteiger partial charge in [0.1, 0.15) is 11.2 Å². The van der Waals surface area contributed by atoms with Gasteiger partial charge in [0.15, 0.2) is 0 Å². The second-order valence-corrected chi connectivity index (χ2v) is 6.79. The number of amides is 1. The van der Waals surface area contributed by atoms with Crippen LogP contribution in [0.25, 0.3) is 5.65 Å². The molecule has 3 aromatic rings. The van der Waals surface area contributed by atoms with Crippen LogP contribution >= 0.6 is 0 Å². The van der Waals surface area contributed by atoms with E-state index in [4.69, 9.17) is 0 Å². The highest BCUT2D eigenvalue weighted by Crippen LogP contribution is 2.20. The third-order valence-electron chi connectivity index (χ3n) is 4.52. The van der Waals surface area contributed by atoms with Gasteiger partial charge in [-0.15, -0.1) is 0 Å². The minimum Gasteiger partial charge on any atom is -0.369 e. The number of fused-ring (bicyclic) bond motifs is 1. The summed E-state index contributed by atoms with van der Waals surface area (Å²) >= 11 is 0. The minimum absolute atomic E-state index is 0.0135. The molecule has 0 unspecified atom stereocenters. The molecular formula is C21H24N4O2. The number of hydrogen-bond acceptors (Lipinski definition) is 4. The number of carbonyl (C=O) groups is 1.